The zero-order valence-electron chi connectivity index (χ0n) is 12.3. The molecule has 0 unspecified atom stereocenters. The number of nitrogens with one attached hydrogen (secondary N) is 1. The van der Waals surface area contributed by atoms with Crippen molar-refractivity contribution in [2.45, 2.75) is 19.9 Å². The van der Waals surface area contributed by atoms with Gasteiger partial charge in [-0.25, -0.2) is 4.68 Å². The summed E-state index contributed by atoms with van der Waals surface area (Å²) in [6, 6.07) is 7.67. The number of halogens is 2. The van der Waals surface area contributed by atoms with Gasteiger partial charge in [0.25, 0.3) is 0 Å². The van der Waals surface area contributed by atoms with Crippen LogP contribution in [-0.4, -0.2) is 19.7 Å². The van der Waals surface area contributed by atoms with Gasteiger partial charge in [0.05, 0.1) is 11.1 Å². The van der Waals surface area contributed by atoms with Gasteiger partial charge < -0.3 is 5.32 Å². The van der Waals surface area contributed by atoms with Crippen molar-refractivity contribution in [2.24, 2.45) is 7.05 Å². The van der Waals surface area contributed by atoms with Crippen molar-refractivity contribution in [3.05, 3.63) is 45.8 Å². The van der Waals surface area contributed by atoms with Gasteiger partial charge in [0.2, 0.25) is 5.28 Å². The standard InChI is InChI=1S/C15H15Cl2N5/c1-3-11-12-13(18-8-9-4-6-10(16)7-5-9)19-15(17)20-14(12)22(2)21-11/h4-7H,3,8H2,1-2H3,(H,18,19,20). The van der Waals surface area contributed by atoms with Gasteiger partial charge in [-0.1, -0.05) is 30.7 Å². The summed E-state index contributed by atoms with van der Waals surface area (Å²) in [4.78, 5) is 8.59. The first-order valence-electron chi connectivity index (χ1n) is 6.96. The lowest BCUT2D eigenvalue weighted by atomic mass is 10.2. The number of benzene rings is 1. The molecule has 0 saturated heterocycles. The van der Waals surface area contributed by atoms with Crippen molar-refractivity contribution in [2.75, 3.05) is 5.32 Å². The van der Waals surface area contributed by atoms with Crippen molar-refractivity contribution < 1.29 is 0 Å². The maximum absolute atomic E-state index is 6.03. The van der Waals surface area contributed by atoms with Gasteiger partial charge in [0.15, 0.2) is 5.65 Å². The van der Waals surface area contributed by atoms with Gasteiger partial charge in [0, 0.05) is 18.6 Å². The Hall–Kier alpha value is -1.85. The van der Waals surface area contributed by atoms with Crippen molar-refractivity contribution >= 4 is 40.1 Å². The minimum atomic E-state index is 0.205. The second-order valence-electron chi connectivity index (χ2n) is 4.94. The van der Waals surface area contributed by atoms with Crippen molar-refractivity contribution in [3.63, 3.8) is 0 Å². The first-order valence-corrected chi connectivity index (χ1v) is 7.71. The highest BCUT2D eigenvalue weighted by molar-refractivity contribution is 6.30. The Labute approximate surface area is 138 Å². The summed E-state index contributed by atoms with van der Waals surface area (Å²) in [5.74, 6) is 0.704. The number of aryl methyl sites for hydroxylation is 2. The Balaban J connectivity index is 1.97. The molecule has 22 heavy (non-hydrogen) atoms. The molecule has 0 saturated carbocycles. The van der Waals surface area contributed by atoms with E-state index in [0.717, 1.165) is 33.7 Å². The summed E-state index contributed by atoms with van der Waals surface area (Å²) in [5.41, 5.74) is 2.79. The van der Waals surface area contributed by atoms with Crippen LogP contribution < -0.4 is 5.32 Å². The number of rotatable bonds is 4. The van der Waals surface area contributed by atoms with E-state index < -0.39 is 0 Å². The summed E-state index contributed by atoms with van der Waals surface area (Å²) in [7, 11) is 1.85. The Morgan fingerprint density at radius 1 is 1.14 bits per heavy atom. The van der Waals surface area contributed by atoms with Crippen LogP contribution in [0.5, 0.6) is 0 Å². The second-order valence-corrected chi connectivity index (χ2v) is 5.72. The van der Waals surface area contributed by atoms with E-state index in [9.17, 15) is 0 Å². The van der Waals surface area contributed by atoms with Crippen LogP contribution in [0.25, 0.3) is 11.0 Å². The molecule has 0 fully saturated rings. The molecule has 1 aromatic carbocycles. The van der Waals surface area contributed by atoms with Crippen LogP contribution in [0.15, 0.2) is 24.3 Å². The van der Waals surface area contributed by atoms with E-state index >= 15 is 0 Å². The van der Waals surface area contributed by atoms with Crippen LogP contribution in [-0.2, 0) is 20.0 Å². The fourth-order valence-electron chi connectivity index (χ4n) is 2.36. The third-order valence-electron chi connectivity index (χ3n) is 3.44. The van der Waals surface area contributed by atoms with E-state index in [0.29, 0.717) is 12.4 Å². The third kappa shape index (κ3) is 2.87. The summed E-state index contributed by atoms with van der Waals surface area (Å²) in [6.07, 6.45) is 0.804. The lowest BCUT2D eigenvalue weighted by Crippen LogP contribution is -2.04. The number of anilines is 1. The van der Waals surface area contributed by atoms with Gasteiger partial charge in [-0.05, 0) is 35.7 Å². The Bertz CT molecular complexity index is 811. The van der Waals surface area contributed by atoms with Crippen molar-refractivity contribution in [3.8, 4) is 0 Å². The molecule has 3 aromatic rings. The molecule has 0 radical (unpaired) electrons. The predicted molar refractivity (Wildman–Crippen MR) is 89.5 cm³/mol. The molecule has 7 heteroatoms. The quantitative estimate of drug-likeness (QED) is 0.736. The number of fused-ring (bicyclic) bond motifs is 1. The Morgan fingerprint density at radius 2 is 1.86 bits per heavy atom. The van der Waals surface area contributed by atoms with Crippen LogP contribution in [0.1, 0.15) is 18.2 Å². The minimum absolute atomic E-state index is 0.205. The van der Waals surface area contributed by atoms with E-state index in [1.807, 2.05) is 31.3 Å². The molecule has 0 atom stereocenters. The number of nitrogens with zero attached hydrogens (tertiary/aromatic N) is 4. The first-order chi connectivity index (χ1) is 10.6. The lowest BCUT2D eigenvalue weighted by molar-refractivity contribution is 0.761. The van der Waals surface area contributed by atoms with Crippen molar-refractivity contribution in [1.82, 2.24) is 19.7 Å². The normalized spacial score (nSPS) is 11.1. The van der Waals surface area contributed by atoms with Gasteiger partial charge in [-0.2, -0.15) is 15.1 Å². The average molecular weight is 336 g/mol. The highest BCUT2D eigenvalue weighted by atomic mass is 35.5. The number of hydrogen-bond acceptors (Lipinski definition) is 4. The highest BCUT2D eigenvalue weighted by Crippen LogP contribution is 2.26. The Morgan fingerprint density at radius 3 is 2.55 bits per heavy atom. The van der Waals surface area contributed by atoms with E-state index in [4.69, 9.17) is 23.2 Å². The maximum atomic E-state index is 6.03. The summed E-state index contributed by atoms with van der Waals surface area (Å²) in [5, 5.41) is 9.64. The molecular formula is C15H15Cl2N5. The van der Waals surface area contributed by atoms with E-state index in [1.54, 1.807) is 4.68 Å². The molecule has 114 valence electrons. The Kier molecular flexibility index (Phi) is 4.18. The van der Waals surface area contributed by atoms with Crippen LogP contribution in [0.4, 0.5) is 5.82 Å². The monoisotopic (exact) mass is 335 g/mol. The van der Waals surface area contributed by atoms with Crippen LogP contribution in [0.3, 0.4) is 0 Å². The third-order valence-corrected chi connectivity index (χ3v) is 3.86. The smallest absolute Gasteiger partial charge is 0.226 e. The SMILES string of the molecule is CCc1nn(C)c2nc(Cl)nc(NCc3ccc(Cl)cc3)c12. The molecule has 3 rings (SSSR count). The molecular weight excluding hydrogens is 321 g/mol. The van der Waals surface area contributed by atoms with Crippen LogP contribution >= 0.6 is 23.2 Å². The first kappa shape index (κ1) is 15.1. The summed E-state index contributed by atoms with van der Waals surface area (Å²) >= 11 is 11.9. The van der Waals surface area contributed by atoms with Crippen LogP contribution in [0, 0.1) is 0 Å². The molecule has 0 aliphatic rings. The zero-order chi connectivity index (χ0) is 15.7. The van der Waals surface area contributed by atoms with Gasteiger partial charge in [0.1, 0.15) is 5.82 Å². The largest absolute Gasteiger partial charge is 0.365 e. The number of aromatic nitrogens is 4. The summed E-state index contributed by atoms with van der Waals surface area (Å²) in [6.45, 7) is 2.68. The van der Waals surface area contributed by atoms with E-state index in [2.05, 4.69) is 27.3 Å². The van der Waals surface area contributed by atoms with Gasteiger partial charge >= 0.3 is 0 Å². The van der Waals surface area contributed by atoms with E-state index in [1.165, 1.54) is 0 Å². The fraction of sp³-hybridized carbons (Fsp3) is 0.267. The fourth-order valence-corrected chi connectivity index (χ4v) is 2.65. The topological polar surface area (TPSA) is 55.6 Å². The molecule has 5 nitrogen and oxygen atoms in total. The van der Waals surface area contributed by atoms with Crippen molar-refractivity contribution in [1.29, 1.82) is 0 Å². The number of hydrogen-bond donors (Lipinski definition) is 1. The highest BCUT2D eigenvalue weighted by Gasteiger charge is 2.15. The zero-order valence-corrected chi connectivity index (χ0v) is 13.8. The maximum Gasteiger partial charge on any atom is 0.226 e. The van der Waals surface area contributed by atoms with Gasteiger partial charge in [-0.3, -0.25) is 0 Å². The molecule has 2 aromatic heterocycles. The summed E-state index contributed by atoms with van der Waals surface area (Å²) < 4.78 is 1.73. The predicted octanol–water partition coefficient (Wildman–Crippen LogP) is 3.84. The molecule has 0 spiro atoms. The molecule has 0 amide bonds. The van der Waals surface area contributed by atoms with Crippen LogP contribution in [0.2, 0.25) is 10.3 Å². The molecule has 2 heterocycles. The average Bonchev–Trinajstić information content (AvgIpc) is 2.83. The van der Waals surface area contributed by atoms with Gasteiger partial charge in [-0.15, -0.1) is 0 Å². The molecule has 0 aliphatic carbocycles. The molecule has 0 bridgehead atoms. The second kappa shape index (κ2) is 6.10. The minimum Gasteiger partial charge on any atom is -0.365 e. The lowest BCUT2D eigenvalue weighted by Gasteiger charge is -2.08. The van der Waals surface area contributed by atoms with E-state index in [-0.39, 0.29) is 5.28 Å². The molecule has 0 aliphatic heterocycles. The molecule has 1 N–H and O–H groups in total.